The number of hydrogen-bond acceptors (Lipinski definition) is 7. The van der Waals surface area contributed by atoms with Crippen LogP contribution in [0.15, 0.2) is 121 Å². The van der Waals surface area contributed by atoms with Crippen LogP contribution in [0.5, 0.6) is 5.75 Å². The molecular formula is C39H40N4O4. The molecule has 1 aliphatic carbocycles. The van der Waals surface area contributed by atoms with Gasteiger partial charge < -0.3 is 14.3 Å². The number of fused-ring (bicyclic) bond motifs is 1. The maximum absolute atomic E-state index is 14.0. The average molecular weight is 629 g/mol. The molecule has 0 amide bonds. The van der Waals surface area contributed by atoms with Gasteiger partial charge in [-0.1, -0.05) is 114 Å². The Morgan fingerprint density at radius 1 is 0.830 bits per heavy atom. The van der Waals surface area contributed by atoms with Crippen molar-refractivity contribution >= 4 is 12.0 Å². The lowest BCUT2D eigenvalue weighted by Gasteiger charge is -2.40. The van der Waals surface area contributed by atoms with Crippen LogP contribution in [0.3, 0.4) is 0 Å². The van der Waals surface area contributed by atoms with Crippen molar-refractivity contribution in [2.24, 2.45) is 0 Å². The van der Waals surface area contributed by atoms with Gasteiger partial charge in [-0.25, -0.2) is 0 Å². The van der Waals surface area contributed by atoms with Crippen LogP contribution < -0.4 is 14.9 Å². The molecule has 5 aromatic rings. The third kappa shape index (κ3) is 7.45. The third-order valence-corrected chi connectivity index (χ3v) is 8.04. The molecular weight excluding hydrogens is 588 g/mol. The molecule has 0 aliphatic heterocycles. The summed E-state index contributed by atoms with van der Waals surface area (Å²) in [6.45, 7) is 5.64. The molecule has 0 saturated heterocycles. The number of rotatable bonds is 12. The fourth-order valence-corrected chi connectivity index (χ4v) is 5.90. The van der Waals surface area contributed by atoms with Gasteiger partial charge in [0.15, 0.2) is 0 Å². The molecule has 47 heavy (non-hydrogen) atoms. The lowest BCUT2D eigenvalue weighted by Crippen LogP contribution is -2.54. The quantitative estimate of drug-likeness (QED) is 0.0954. The van der Waals surface area contributed by atoms with Crippen LogP contribution in [0.4, 0.5) is 0 Å². The lowest BCUT2D eigenvalue weighted by molar-refractivity contribution is -0.157. The van der Waals surface area contributed by atoms with E-state index < -0.39 is 17.2 Å². The van der Waals surface area contributed by atoms with Gasteiger partial charge in [0.25, 0.3) is 6.79 Å². The van der Waals surface area contributed by atoms with Crippen molar-refractivity contribution in [2.75, 3.05) is 6.79 Å². The van der Waals surface area contributed by atoms with Crippen molar-refractivity contribution in [3.63, 3.8) is 0 Å². The predicted octanol–water partition coefficient (Wildman–Crippen LogP) is 6.54. The number of allylic oxidation sites excluding steroid dienone is 1. The average Bonchev–Trinajstić information content (AvgIpc) is 3.51. The molecule has 1 heterocycles. The Hall–Kier alpha value is -5.21. The highest BCUT2D eigenvalue weighted by molar-refractivity contribution is 5.77. The molecule has 0 bridgehead atoms. The molecule has 0 spiro atoms. The van der Waals surface area contributed by atoms with Gasteiger partial charge in [-0.15, -0.1) is 5.10 Å². The Morgan fingerprint density at radius 3 is 1.96 bits per heavy atom. The van der Waals surface area contributed by atoms with Gasteiger partial charge in [0, 0.05) is 0 Å². The molecule has 6 rings (SSSR count). The molecule has 0 fully saturated rings. The third-order valence-electron chi connectivity index (χ3n) is 8.04. The van der Waals surface area contributed by atoms with Crippen LogP contribution in [0.1, 0.15) is 60.8 Å². The molecule has 8 nitrogen and oxygen atoms in total. The first kappa shape index (κ1) is 31.8. The molecule has 1 aliphatic rings. The Labute approximate surface area is 276 Å². The number of carbonyl (C=O) groups is 1. The van der Waals surface area contributed by atoms with Crippen LogP contribution >= 0.6 is 0 Å². The minimum Gasteiger partial charge on any atom is -0.459 e. The molecule has 0 saturated carbocycles. The second-order valence-corrected chi connectivity index (χ2v) is 12.6. The van der Waals surface area contributed by atoms with E-state index in [1.807, 2.05) is 106 Å². The molecule has 0 radical (unpaired) electrons. The Morgan fingerprint density at radius 2 is 1.40 bits per heavy atom. The van der Waals surface area contributed by atoms with Gasteiger partial charge in [0.05, 0.1) is 11.2 Å². The number of esters is 1. The zero-order valence-corrected chi connectivity index (χ0v) is 27.0. The number of ether oxygens (including phenoxy) is 2. The van der Waals surface area contributed by atoms with Gasteiger partial charge in [-0.3, -0.25) is 10.1 Å². The summed E-state index contributed by atoms with van der Waals surface area (Å²) < 4.78 is 11.9. The predicted molar refractivity (Wildman–Crippen MR) is 182 cm³/mol. The number of carbonyl (C=O) groups excluding carboxylic acids is 1. The van der Waals surface area contributed by atoms with E-state index in [4.69, 9.17) is 14.3 Å². The molecule has 1 aromatic heterocycles. The Kier molecular flexibility index (Phi) is 9.50. The number of nitrogens with zero attached hydrogens (tertiary/aromatic N) is 3. The van der Waals surface area contributed by atoms with E-state index in [0.717, 1.165) is 46.5 Å². The maximum Gasteiger partial charge on any atom is 0.324 e. The fourth-order valence-electron chi connectivity index (χ4n) is 5.90. The molecule has 0 unspecified atom stereocenters. The molecule has 8 heteroatoms. The van der Waals surface area contributed by atoms with E-state index in [1.54, 1.807) is 0 Å². The monoisotopic (exact) mass is 628 g/mol. The normalized spacial score (nSPS) is 13.4. The van der Waals surface area contributed by atoms with Crippen molar-refractivity contribution in [2.45, 2.75) is 57.2 Å². The summed E-state index contributed by atoms with van der Waals surface area (Å²) in [5, 5.41) is 12.1. The van der Waals surface area contributed by atoms with E-state index in [1.165, 1.54) is 4.85 Å². The standard InChI is InChI=1S/C39H40N4O4/c1-38(2,3)47-37(44)35(27-29-23-25-33(26-24-29)45-28-46-43-36-22-14-13-21-34(36)41-42-43)40-39(30-15-7-4-8-16-30,31-17-9-5-10-18-31)32-19-11-6-12-20-32/h4-12,14-20,22-26,35,40H,13,21,27-28H2,1-3H3/t35-/m1/s1. The summed E-state index contributed by atoms with van der Waals surface area (Å²) in [7, 11) is 0. The zero-order chi connectivity index (χ0) is 32.7. The highest BCUT2D eigenvalue weighted by Gasteiger charge is 2.41. The Bertz CT molecular complexity index is 1680. The van der Waals surface area contributed by atoms with Gasteiger partial charge in [0.2, 0.25) is 0 Å². The van der Waals surface area contributed by atoms with Gasteiger partial charge in [-0.2, -0.15) is 0 Å². The summed E-state index contributed by atoms with van der Waals surface area (Å²) in [6.07, 6.45) is 6.22. The van der Waals surface area contributed by atoms with Gasteiger partial charge >= 0.3 is 5.97 Å². The first-order valence-corrected chi connectivity index (χ1v) is 16.0. The minimum absolute atomic E-state index is 0.0289. The van der Waals surface area contributed by atoms with Crippen LogP contribution in [0.2, 0.25) is 0 Å². The number of aromatic nitrogens is 3. The number of nitrogens with one attached hydrogen (secondary N) is 1. The molecule has 1 atom stereocenters. The smallest absolute Gasteiger partial charge is 0.324 e. The van der Waals surface area contributed by atoms with Crippen molar-refractivity contribution in [1.29, 1.82) is 0 Å². The lowest BCUT2D eigenvalue weighted by atomic mass is 9.76. The van der Waals surface area contributed by atoms with Crippen LogP contribution in [0, 0.1) is 0 Å². The molecule has 1 N–H and O–H groups in total. The van der Waals surface area contributed by atoms with E-state index in [9.17, 15) is 4.79 Å². The minimum atomic E-state index is -0.846. The Balaban J connectivity index is 1.28. The van der Waals surface area contributed by atoms with Crippen molar-refractivity contribution in [3.05, 3.63) is 155 Å². The summed E-state index contributed by atoms with van der Waals surface area (Å²) in [5.41, 5.74) is 4.23. The highest BCUT2D eigenvalue weighted by atomic mass is 16.8. The SMILES string of the molecule is CC(C)(C)OC(=O)[C@@H](Cc1ccc(OCOn2nnc3c2C=CCC3)cc1)NC(c1ccccc1)(c1ccccc1)c1ccccc1. The second kappa shape index (κ2) is 14.1. The maximum atomic E-state index is 14.0. The van der Waals surface area contributed by atoms with Gasteiger partial charge in [-0.05, 0) is 85.7 Å². The summed E-state index contributed by atoms with van der Waals surface area (Å²) >= 11 is 0. The van der Waals surface area contributed by atoms with Crippen LogP contribution in [-0.2, 0) is 27.9 Å². The van der Waals surface area contributed by atoms with E-state index in [2.05, 4.69) is 58.1 Å². The van der Waals surface area contributed by atoms with Crippen molar-refractivity contribution in [3.8, 4) is 5.75 Å². The zero-order valence-electron chi connectivity index (χ0n) is 27.0. The van der Waals surface area contributed by atoms with Crippen molar-refractivity contribution in [1.82, 2.24) is 20.5 Å². The second-order valence-electron chi connectivity index (χ2n) is 12.6. The van der Waals surface area contributed by atoms with E-state index in [0.29, 0.717) is 12.2 Å². The summed E-state index contributed by atoms with van der Waals surface area (Å²) in [6, 6.07) is 37.7. The first-order valence-electron chi connectivity index (χ1n) is 16.0. The molecule has 4 aromatic carbocycles. The van der Waals surface area contributed by atoms with Crippen LogP contribution in [-0.4, -0.2) is 39.6 Å². The van der Waals surface area contributed by atoms with Crippen molar-refractivity contribution < 1.29 is 19.1 Å². The van der Waals surface area contributed by atoms with Crippen LogP contribution in [0.25, 0.3) is 6.08 Å². The largest absolute Gasteiger partial charge is 0.459 e. The number of benzene rings is 4. The summed E-state index contributed by atoms with van der Waals surface area (Å²) in [5.74, 6) is 0.302. The van der Waals surface area contributed by atoms with Gasteiger partial charge in [0.1, 0.15) is 23.1 Å². The number of aryl methyl sites for hydroxylation is 1. The first-order chi connectivity index (χ1) is 22.8. The van der Waals surface area contributed by atoms with E-state index in [-0.39, 0.29) is 12.8 Å². The molecule has 240 valence electrons. The van der Waals surface area contributed by atoms with E-state index >= 15 is 0 Å². The number of hydrogen-bond donors (Lipinski definition) is 1. The topological polar surface area (TPSA) is 87.5 Å². The highest BCUT2D eigenvalue weighted by Crippen LogP contribution is 2.38. The fraction of sp³-hybridized carbons (Fsp3) is 0.256. The summed E-state index contributed by atoms with van der Waals surface area (Å²) in [4.78, 5) is 21.1.